The summed E-state index contributed by atoms with van der Waals surface area (Å²) in [6.45, 7) is 10.1. The number of hydrogen-bond donors (Lipinski definition) is 1. The molecular formula is C16H27N3O4. The Morgan fingerprint density at radius 2 is 2.17 bits per heavy atom. The highest BCUT2D eigenvalue weighted by molar-refractivity contribution is 5.77. The van der Waals surface area contributed by atoms with E-state index in [2.05, 4.69) is 29.2 Å². The molecule has 23 heavy (non-hydrogen) atoms. The van der Waals surface area contributed by atoms with Crippen LogP contribution in [0, 0.1) is 12.8 Å². The number of aryl methyl sites for hydroxylation is 1. The Morgan fingerprint density at radius 1 is 1.43 bits per heavy atom. The smallest absolute Gasteiger partial charge is 0.258 e. The number of ether oxygens (including phenoxy) is 2. The molecule has 0 aromatic carbocycles. The maximum absolute atomic E-state index is 12.0. The van der Waals surface area contributed by atoms with Crippen LogP contribution in [0.4, 0.5) is 0 Å². The molecule has 1 unspecified atom stereocenters. The number of aromatic nitrogens is 1. The molecule has 0 aliphatic carbocycles. The topological polar surface area (TPSA) is 76.8 Å². The number of rotatable bonds is 8. The summed E-state index contributed by atoms with van der Waals surface area (Å²) in [5.74, 6) is 1.43. The predicted octanol–water partition coefficient (Wildman–Crippen LogP) is 1.22. The molecule has 2 heterocycles. The fourth-order valence-electron chi connectivity index (χ4n) is 2.68. The highest BCUT2D eigenvalue weighted by atomic mass is 16.5. The first-order valence-corrected chi connectivity index (χ1v) is 8.19. The zero-order chi connectivity index (χ0) is 16.7. The van der Waals surface area contributed by atoms with E-state index in [1.807, 2.05) is 0 Å². The summed E-state index contributed by atoms with van der Waals surface area (Å²) in [6, 6.07) is 1.99. The molecule has 0 spiro atoms. The molecule has 0 radical (unpaired) electrons. The zero-order valence-electron chi connectivity index (χ0n) is 14.2. The lowest BCUT2D eigenvalue weighted by molar-refractivity contribution is -0.123. The van der Waals surface area contributed by atoms with Crippen LogP contribution in [-0.2, 0) is 9.53 Å². The summed E-state index contributed by atoms with van der Waals surface area (Å²) in [7, 11) is 0. The molecule has 1 saturated heterocycles. The van der Waals surface area contributed by atoms with E-state index in [4.69, 9.17) is 14.0 Å². The molecule has 0 bridgehead atoms. The Hall–Kier alpha value is -1.60. The third-order valence-corrected chi connectivity index (χ3v) is 3.80. The second-order valence-corrected chi connectivity index (χ2v) is 6.30. The minimum atomic E-state index is -0.146. The van der Waals surface area contributed by atoms with Crippen LogP contribution in [0.25, 0.3) is 0 Å². The Labute approximate surface area is 137 Å². The van der Waals surface area contributed by atoms with E-state index in [9.17, 15) is 4.79 Å². The van der Waals surface area contributed by atoms with Gasteiger partial charge in [0.15, 0.2) is 6.61 Å². The van der Waals surface area contributed by atoms with Crippen LogP contribution in [0.1, 0.15) is 26.0 Å². The fraction of sp³-hybridized carbons (Fsp3) is 0.750. The van der Waals surface area contributed by atoms with Crippen molar-refractivity contribution in [2.24, 2.45) is 5.92 Å². The van der Waals surface area contributed by atoms with Crippen LogP contribution in [-0.4, -0.2) is 61.5 Å². The molecule has 1 aliphatic rings. The van der Waals surface area contributed by atoms with E-state index in [0.29, 0.717) is 30.1 Å². The highest BCUT2D eigenvalue weighted by Crippen LogP contribution is 2.13. The van der Waals surface area contributed by atoms with E-state index in [0.717, 1.165) is 32.7 Å². The lowest BCUT2D eigenvalue weighted by Crippen LogP contribution is -2.49. The molecule has 7 heteroatoms. The average Bonchev–Trinajstić information content (AvgIpc) is 2.95. The predicted molar refractivity (Wildman–Crippen MR) is 85.4 cm³/mol. The molecule has 1 aromatic heterocycles. The van der Waals surface area contributed by atoms with Gasteiger partial charge in [0, 0.05) is 31.7 Å². The normalized spacial score (nSPS) is 17.2. The van der Waals surface area contributed by atoms with Gasteiger partial charge in [0.1, 0.15) is 5.76 Å². The molecule has 1 fully saturated rings. The lowest BCUT2D eigenvalue weighted by atomic mass is 10.0. The molecule has 2 rings (SSSR count). The number of nitrogens with one attached hydrogen (secondary N) is 1. The summed E-state index contributed by atoms with van der Waals surface area (Å²) in [5, 5.41) is 6.65. The van der Waals surface area contributed by atoms with E-state index >= 15 is 0 Å². The Morgan fingerprint density at radius 3 is 2.78 bits per heavy atom. The minimum Gasteiger partial charge on any atom is -0.465 e. The number of morpholine rings is 1. The second kappa shape index (κ2) is 8.88. The molecule has 1 amide bonds. The summed E-state index contributed by atoms with van der Waals surface area (Å²) in [5.41, 5.74) is 0. The Kier molecular flexibility index (Phi) is 6.85. The monoisotopic (exact) mass is 325 g/mol. The largest absolute Gasteiger partial charge is 0.465 e. The SMILES string of the molecule is Cc1cc(OCC(=O)NCC(CC(C)C)N2CCOCC2)no1. The summed E-state index contributed by atoms with van der Waals surface area (Å²) in [6.07, 6.45) is 1.05. The molecule has 7 nitrogen and oxygen atoms in total. The number of hydrogen-bond acceptors (Lipinski definition) is 6. The second-order valence-electron chi connectivity index (χ2n) is 6.30. The molecule has 1 atom stereocenters. The van der Waals surface area contributed by atoms with Gasteiger partial charge in [0.05, 0.1) is 13.2 Å². The van der Waals surface area contributed by atoms with Crippen molar-refractivity contribution in [2.45, 2.75) is 33.2 Å². The van der Waals surface area contributed by atoms with Gasteiger partial charge in [0.25, 0.3) is 11.8 Å². The van der Waals surface area contributed by atoms with E-state index < -0.39 is 0 Å². The van der Waals surface area contributed by atoms with Gasteiger partial charge in [-0.2, -0.15) is 0 Å². The molecule has 0 saturated carbocycles. The van der Waals surface area contributed by atoms with Crippen LogP contribution in [0.5, 0.6) is 5.88 Å². The van der Waals surface area contributed by atoms with Crippen molar-refractivity contribution in [1.29, 1.82) is 0 Å². The minimum absolute atomic E-state index is 0.0521. The van der Waals surface area contributed by atoms with Gasteiger partial charge >= 0.3 is 0 Å². The van der Waals surface area contributed by atoms with E-state index in [1.165, 1.54) is 0 Å². The van der Waals surface area contributed by atoms with Gasteiger partial charge in [0.2, 0.25) is 0 Å². The molecular weight excluding hydrogens is 298 g/mol. The average molecular weight is 325 g/mol. The van der Waals surface area contributed by atoms with Gasteiger partial charge < -0.3 is 19.3 Å². The van der Waals surface area contributed by atoms with Gasteiger partial charge in [-0.05, 0) is 24.4 Å². The highest BCUT2D eigenvalue weighted by Gasteiger charge is 2.22. The number of amides is 1. The third kappa shape index (κ3) is 6.19. The summed E-state index contributed by atoms with van der Waals surface area (Å²) in [4.78, 5) is 14.4. The zero-order valence-corrected chi connectivity index (χ0v) is 14.2. The van der Waals surface area contributed by atoms with Crippen molar-refractivity contribution in [3.8, 4) is 5.88 Å². The maximum atomic E-state index is 12.0. The van der Waals surface area contributed by atoms with Crippen LogP contribution >= 0.6 is 0 Å². The van der Waals surface area contributed by atoms with Gasteiger partial charge in [-0.1, -0.05) is 13.8 Å². The van der Waals surface area contributed by atoms with Crippen LogP contribution in [0.15, 0.2) is 10.6 Å². The van der Waals surface area contributed by atoms with Gasteiger partial charge in [-0.3, -0.25) is 9.69 Å². The van der Waals surface area contributed by atoms with Gasteiger partial charge in [-0.15, -0.1) is 0 Å². The third-order valence-electron chi connectivity index (χ3n) is 3.80. The van der Waals surface area contributed by atoms with Crippen molar-refractivity contribution in [3.05, 3.63) is 11.8 Å². The van der Waals surface area contributed by atoms with Crippen molar-refractivity contribution < 1.29 is 18.8 Å². The molecule has 130 valence electrons. The van der Waals surface area contributed by atoms with Crippen molar-refractivity contribution >= 4 is 5.91 Å². The van der Waals surface area contributed by atoms with Crippen LogP contribution in [0.3, 0.4) is 0 Å². The van der Waals surface area contributed by atoms with Gasteiger partial charge in [-0.25, -0.2) is 0 Å². The number of nitrogens with zero attached hydrogens (tertiary/aromatic N) is 2. The number of carbonyl (C=O) groups is 1. The first-order valence-electron chi connectivity index (χ1n) is 8.19. The maximum Gasteiger partial charge on any atom is 0.258 e. The molecule has 1 aliphatic heterocycles. The summed E-state index contributed by atoms with van der Waals surface area (Å²) < 4.78 is 15.6. The van der Waals surface area contributed by atoms with Crippen molar-refractivity contribution in [1.82, 2.24) is 15.4 Å². The lowest BCUT2D eigenvalue weighted by Gasteiger charge is -2.35. The first-order chi connectivity index (χ1) is 11.0. The Balaban J connectivity index is 1.76. The van der Waals surface area contributed by atoms with Crippen LogP contribution < -0.4 is 10.1 Å². The fourth-order valence-corrected chi connectivity index (χ4v) is 2.68. The summed E-state index contributed by atoms with van der Waals surface area (Å²) >= 11 is 0. The number of carbonyl (C=O) groups excluding carboxylic acids is 1. The Bertz CT molecular complexity index is 483. The quantitative estimate of drug-likeness (QED) is 0.774. The van der Waals surface area contributed by atoms with Crippen molar-refractivity contribution in [3.63, 3.8) is 0 Å². The molecule has 1 aromatic rings. The first kappa shape index (κ1) is 17.7. The van der Waals surface area contributed by atoms with Crippen molar-refractivity contribution in [2.75, 3.05) is 39.5 Å². The standard InChI is InChI=1S/C16H27N3O4/c1-12(2)8-14(19-4-6-21-7-5-19)10-17-15(20)11-22-16-9-13(3)23-18-16/h9,12,14H,4-8,10-11H2,1-3H3,(H,17,20). The molecule has 1 N–H and O–H groups in total. The van der Waals surface area contributed by atoms with E-state index in [-0.39, 0.29) is 12.5 Å². The van der Waals surface area contributed by atoms with Crippen LogP contribution in [0.2, 0.25) is 0 Å². The van der Waals surface area contributed by atoms with E-state index in [1.54, 1.807) is 13.0 Å².